The number of rotatable bonds is 5. The normalized spacial score (nSPS) is 12.4. The molecule has 0 fully saturated rings. The van der Waals surface area contributed by atoms with E-state index in [0.717, 1.165) is 26.7 Å². The summed E-state index contributed by atoms with van der Waals surface area (Å²) in [4.78, 5) is 1.19. The molecule has 1 aromatic carbocycles. The molecular formula is C15H17BrClNOS. The van der Waals surface area contributed by atoms with Crippen molar-refractivity contribution >= 4 is 38.9 Å². The van der Waals surface area contributed by atoms with E-state index < -0.39 is 0 Å². The van der Waals surface area contributed by atoms with Crippen molar-refractivity contribution in [3.63, 3.8) is 0 Å². The molecule has 1 aromatic heterocycles. The number of hydrogen-bond acceptors (Lipinski definition) is 3. The number of thiophene rings is 1. The minimum absolute atomic E-state index is 0.128. The van der Waals surface area contributed by atoms with Gasteiger partial charge in [0.15, 0.2) is 0 Å². The van der Waals surface area contributed by atoms with Crippen LogP contribution in [0.2, 0.25) is 5.02 Å². The summed E-state index contributed by atoms with van der Waals surface area (Å²) in [5.74, 6) is 0.909. The number of hydrogen-bond donors (Lipinski definition) is 1. The molecule has 1 N–H and O–H groups in total. The Kier molecular flexibility index (Phi) is 5.49. The molecule has 0 radical (unpaired) electrons. The molecule has 1 unspecified atom stereocenters. The monoisotopic (exact) mass is 373 g/mol. The van der Waals surface area contributed by atoms with E-state index in [9.17, 15) is 0 Å². The molecule has 0 spiro atoms. The lowest BCUT2D eigenvalue weighted by Crippen LogP contribution is -2.21. The zero-order valence-corrected chi connectivity index (χ0v) is 14.8. The van der Waals surface area contributed by atoms with Crippen LogP contribution in [0.1, 0.15) is 29.0 Å². The van der Waals surface area contributed by atoms with Gasteiger partial charge in [0.25, 0.3) is 0 Å². The van der Waals surface area contributed by atoms with Crippen molar-refractivity contribution in [2.45, 2.75) is 19.9 Å². The first kappa shape index (κ1) is 15.8. The molecule has 108 valence electrons. The fourth-order valence-corrected chi connectivity index (χ4v) is 3.96. The first-order chi connectivity index (χ1) is 9.56. The lowest BCUT2D eigenvalue weighted by Gasteiger charge is -2.18. The topological polar surface area (TPSA) is 21.3 Å². The summed E-state index contributed by atoms with van der Waals surface area (Å²) in [5, 5.41) is 4.26. The van der Waals surface area contributed by atoms with E-state index in [-0.39, 0.29) is 6.04 Å². The molecule has 1 atom stereocenters. The summed E-state index contributed by atoms with van der Waals surface area (Å²) >= 11 is 11.3. The Morgan fingerprint density at radius 1 is 1.40 bits per heavy atom. The third kappa shape index (κ3) is 3.37. The Bertz CT molecular complexity index is 580. The predicted molar refractivity (Wildman–Crippen MR) is 90.3 cm³/mol. The molecule has 0 aliphatic carbocycles. The van der Waals surface area contributed by atoms with Crippen LogP contribution >= 0.6 is 38.9 Å². The van der Waals surface area contributed by atoms with Gasteiger partial charge in [0.1, 0.15) is 5.75 Å². The molecule has 0 saturated carbocycles. The lowest BCUT2D eigenvalue weighted by atomic mass is 10.0. The van der Waals surface area contributed by atoms with Crippen molar-refractivity contribution in [1.29, 1.82) is 0 Å². The summed E-state index contributed by atoms with van der Waals surface area (Å²) in [5.41, 5.74) is 2.32. The second kappa shape index (κ2) is 6.94. The third-order valence-corrected chi connectivity index (χ3v) is 5.66. The third-order valence-electron chi connectivity index (χ3n) is 3.12. The van der Waals surface area contributed by atoms with Crippen LogP contribution in [-0.4, -0.2) is 13.7 Å². The van der Waals surface area contributed by atoms with Crippen LogP contribution in [0.25, 0.3) is 0 Å². The first-order valence-electron chi connectivity index (χ1n) is 6.39. The van der Waals surface area contributed by atoms with Crippen LogP contribution in [0.5, 0.6) is 5.75 Å². The molecule has 0 amide bonds. The van der Waals surface area contributed by atoms with E-state index in [0.29, 0.717) is 0 Å². The smallest absolute Gasteiger partial charge is 0.122 e. The number of ether oxygens (including phenoxy) is 1. The Morgan fingerprint density at radius 2 is 2.15 bits per heavy atom. The van der Waals surface area contributed by atoms with Crippen molar-refractivity contribution in [1.82, 2.24) is 5.32 Å². The number of methoxy groups -OCH3 is 1. The molecule has 20 heavy (non-hydrogen) atoms. The zero-order chi connectivity index (χ0) is 14.7. The van der Waals surface area contributed by atoms with Gasteiger partial charge in [-0.3, -0.25) is 0 Å². The fraction of sp³-hybridized carbons (Fsp3) is 0.333. The number of halogens is 2. The molecule has 2 nitrogen and oxygen atoms in total. The molecule has 2 rings (SSSR count). The Balaban J connectivity index is 2.42. The summed E-state index contributed by atoms with van der Waals surface area (Å²) in [6.07, 6.45) is 0. The molecule has 0 bridgehead atoms. The minimum Gasteiger partial charge on any atom is -0.496 e. The molecule has 2 aromatic rings. The maximum Gasteiger partial charge on any atom is 0.122 e. The highest BCUT2D eigenvalue weighted by Crippen LogP contribution is 2.38. The standard InChI is InChI=1S/C15H17BrClNOS/c1-4-18-14(13-8-11(17)15(16)20-13)10-6-5-9(2)12(7-10)19-3/h5-8,14,18H,4H2,1-3H3. The zero-order valence-electron chi connectivity index (χ0n) is 11.7. The van der Waals surface area contributed by atoms with Gasteiger partial charge in [-0.2, -0.15) is 0 Å². The van der Waals surface area contributed by atoms with Gasteiger partial charge < -0.3 is 10.1 Å². The molecule has 0 aliphatic heterocycles. The second-order valence-corrected chi connectivity index (χ2v) is 7.30. The van der Waals surface area contributed by atoms with Crippen molar-refractivity contribution in [3.8, 4) is 5.75 Å². The van der Waals surface area contributed by atoms with Gasteiger partial charge in [0.05, 0.1) is 22.0 Å². The van der Waals surface area contributed by atoms with Gasteiger partial charge >= 0.3 is 0 Å². The summed E-state index contributed by atoms with van der Waals surface area (Å²) < 4.78 is 6.39. The molecular weight excluding hydrogens is 358 g/mol. The van der Waals surface area contributed by atoms with Gasteiger partial charge in [0, 0.05) is 4.88 Å². The van der Waals surface area contributed by atoms with E-state index >= 15 is 0 Å². The average molecular weight is 375 g/mol. The van der Waals surface area contributed by atoms with Gasteiger partial charge in [-0.1, -0.05) is 30.7 Å². The highest BCUT2D eigenvalue weighted by Gasteiger charge is 2.18. The highest BCUT2D eigenvalue weighted by atomic mass is 79.9. The van der Waals surface area contributed by atoms with E-state index in [1.54, 1.807) is 18.4 Å². The first-order valence-corrected chi connectivity index (χ1v) is 8.38. The summed E-state index contributed by atoms with van der Waals surface area (Å²) in [6.45, 7) is 5.03. The summed E-state index contributed by atoms with van der Waals surface area (Å²) in [7, 11) is 1.70. The number of benzene rings is 1. The van der Waals surface area contributed by atoms with E-state index in [4.69, 9.17) is 16.3 Å². The number of aryl methyl sites for hydroxylation is 1. The number of nitrogens with one attached hydrogen (secondary N) is 1. The Labute approximate surface area is 137 Å². The maximum absolute atomic E-state index is 6.16. The lowest BCUT2D eigenvalue weighted by molar-refractivity contribution is 0.410. The van der Waals surface area contributed by atoms with Crippen LogP contribution in [-0.2, 0) is 0 Å². The van der Waals surface area contributed by atoms with Crippen LogP contribution in [0.3, 0.4) is 0 Å². The van der Waals surface area contributed by atoms with E-state index in [1.807, 2.05) is 13.0 Å². The predicted octanol–water partition coefficient (Wildman–Crippen LogP) is 5.18. The molecule has 1 heterocycles. The van der Waals surface area contributed by atoms with Crippen LogP contribution in [0.4, 0.5) is 0 Å². The quantitative estimate of drug-likeness (QED) is 0.778. The molecule has 0 aliphatic rings. The van der Waals surface area contributed by atoms with Gasteiger partial charge in [-0.05, 0) is 52.7 Å². The molecule has 5 heteroatoms. The average Bonchev–Trinajstić information content (AvgIpc) is 2.76. The van der Waals surface area contributed by atoms with Crippen molar-refractivity contribution in [2.24, 2.45) is 0 Å². The van der Waals surface area contributed by atoms with E-state index in [2.05, 4.69) is 46.4 Å². The fourth-order valence-electron chi connectivity index (χ4n) is 2.11. The van der Waals surface area contributed by atoms with E-state index in [1.165, 1.54) is 10.4 Å². The van der Waals surface area contributed by atoms with Gasteiger partial charge in [-0.25, -0.2) is 0 Å². The second-order valence-electron chi connectivity index (χ2n) is 4.49. The van der Waals surface area contributed by atoms with Crippen LogP contribution < -0.4 is 10.1 Å². The van der Waals surface area contributed by atoms with Crippen molar-refractivity contribution in [3.05, 3.63) is 49.1 Å². The van der Waals surface area contributed by atoms with Crippen molar-refractivity contribution in [2.75, 3.05) is 13.7 Å². The van der Waals surface area contributed by atoms with Crippen LogP contribution in [0, 0.1) is 6.92 Å². The SMILES string of the molecule is CCNC(c1ccc(C)c(OC)c1)c1cc(Cl)c(Br)s1. The van der Waals surface area contributed by atoms with Gasteiger partial charge in [0.2, 0.25) is 0 Å². The maximum atomic E-state index is 6.16. The largest absolute Gasteiger partial charge is 0.496 e. The Morgan fingerprint density at radius 3 is 2.70 bits per heavy atom. The summed E-state index contributed by atoms with van der Waals surface area (Å²) in [6, 6.07) is 8.44. The van der Waals surface area contributed by atoms with Crippen LogP contribution in [0.15, 0.2) is 28.1 Å². The Hall–Kier alpha value is -0.550. The van der Waals surface area contributed by atoms with Crippen molar-refractivity contribution < 1.29 is 4.74 Å². The highest BCUT2D eigenvalue weighted by molar-refractivity contribution is 9.11. The minimum atomic E-state index is 0.128. The van der Waals surface area contributed by atoms with Gasteiger partial charge in [-0.15, -0.1) is 11.3 Å². The molecule has 0 saturated heterocycles.